The number of hydrogen-bond donors (Lipinski definition) is 1. The third kappa shape index (κ3) is 6.57. The molecule has 0 saturated carbocycles. The normalized spacial score (nSPS) is 12.4. The smallest absolute Gasteiger partial charge is 0.126 e. The molecule has 0 fully saturated rings. The van der Waals surface area contributed by atoms with Crippen molar-refractivity contribution >= 4 is 0 Å². The van der Waals surface area contributed by atoms with Gasteiger partial charge in [0.15, 0.2) is 0 Å². The quantitative estimate of drug-likeness (QED) is 0.688. The molecule has 0 aliphatic rings. The van der Waals surface area contributed by atoms with E-state index in [4.69, 9.17) is 9.47 Å². The Morgan fingerprint density at radius 2 is 2.22 bits per heavy atom. The molecule has 0 amide bonds. The summed E-state index contributed by atoms with van der Waals surface area (Å²) in [6, 6.07) is 6.21. The van der Waals surface area contributed by atoms with Crippen molar-refractivity contribution in [2.45, 2.75) is 26.4 Å². The van der Waals surface area contributed by atoms with Gasteiger partial charge in [-0.3, -0.25) is 0 Å². The Balaban J connectivity index is 2.12. The first-order chi connectivity index (χ1) is 8.72. The minimum Gasteiger partial charge on any atom is -0.489 e. The first-order valence-corrected chi connectivity index (χ1v) is 6.43. The Hall–Kier alpha value is -1.13. The van der Waals surface area contributed by atoms with Crippen LogP contribution < -0.4 is 10.1 Å². The van der Waals surface area contributed by atoms with Gasteiger partial charge in [-0.1, -0.05) is 6.07 Å². The van der Waals surface area contributed by atoms with Gasteiger partial charge in [0.1, 0.15) is 17.7 Å². The number of hydrogen-bond acceptors (Lipinski definition) is 3. The average molecular weight is 255 g/mol. The molecule has 3 nitrogen and oxygen atoms in total. The summed E-state index contributed by atoms with van der Waals surface area (Å²) in [5, 5.41) is 3.28. The Kier molecular flexibility index (Phi) is 7.37. The van der Waals surface area contributed by atoms with Gasteiger partial charge in [-0.15, -0.1) is 0 Å². The van der Waals surface area contributed by atoms with E-state index in [1.807, 2.05) is 13.8 Å². The molecule has 0 aromatic heterocycles. The average Bonchev–Trinajstić information content (AvgIpc) is 2.33. The van der Waals surface area contributed by atoms with Crippen molar-refractivity contribution in [2.75, 3.05) is 26.3 Å². The van der Waals surface area contributed by atoms with Gasteiger partial charge in [0.2, 0.25) is 0 Å². The summed E-state index contributed by atoms with van der Waals surface area (Å²) >= 11 is 0. The second kappa shape index (κ2) is 8.89. The molecular weight excluding hydrogens is 233 g/mol. The third-order valence-corrected chi connectivity index (χ3v) is 2.41. The van der Waals surface area contributed by atoms with Crippen molar-refractivity contribution in [1.29, 1.82) is 0 Å². The third-order valence-electron chi connectivity index (χ3n) is 2.41. The van der Waals surface area contributed by atoms with Gasteiger partial charge >= 0.3 is 0 Å². The summed E-state index contributed by atoms with van der Waals surface area (Å²) in [6.07, 6.45) is 0.999. The Bertz CT molecular complexity index is 333. The van der Waals surface area contributed by atoms with Gasteiger partial charge < -0.3 is 14.8 Å². The highest BCUT2D eigenvalue weighted by atomic mass is 19.1. The molecule has 0 aliphatic heterocycles. The largest absolute Gasteiger partial charge is 0.489 e. The lowest BCUT2D eigenvalue weighted by Gasteiger charge is -2.15. The molecule has 1 aromatic carbocycles. The topological polar surface area (TPSA) is 30.5 Å². The van der Waals surface area contributed by atoms with Crippen LogP contribution in [0.15, 0.2) is 24.3 Å². The lowest BCUT2D eigenvalue weighted by atomic mass is 10.3. The fraction of sp³-hybridized carbons (Fsp3) is 0.571. The summed E-state index contributed by atoms with van der Waals surface area (Å²) in [4.78, 5) is 0. The fourth-order valence-corrected chi connectivity index (χ4v) is 1.56. The van der Waals surface area contributed by atoms with Crippen LogP contribution in [0.1, 0.15) is 20.3 Å². The van der Waals surface area contributed by atoms with E-state index >= 15 is 0 Å². The predicted octanol–water partition coefficient (Wildman–Crippen LogP) is 2.61. The van der Waals surface area contributed by atoms with Crippen LogP contribution in [-0.2, 0) is 4.74 Å². The van der Waals surface area contributed by atoms with Crippen molar-refractivity contribution in [1.82, 2.24) is 5.32 Å². The Morgan fingerprint density at radius 1 is 1.39 bits per heavy atom. The van der Waals surface area contributed by atoms with Gasteiger partial charge in [0, 0.05) is 25.8 Å². The molecule has 1 rings (SSSR count). The molecule has 1 atom stereocenters. The summed E-state index contributed by atoms with van der Waals surface area (Å²) in [5.41, 5.74) is 0. The highest BCUT2D eigenvalue weighted by Crippen LogP contribution is 2.13. The molecular formula is C14H22FNO2. The zero-order chi connectivity index (χ0) is 13.2. The van der Waals surface area contributed by atoms with Crippen molar-refractivity contribution in [3.05, 3.63) is 30.1 Å². The van der Waals surface area contributed by atoms with Crippen molar-refractivity contribution in [3.63, 3.8) is 0 Å². The molecule has 0 saturated heterocycles. The zero-order valence-corrected chi connectivity index (χ0v) is 11.1. The van der Waals surface area contributed by atoms with Crippen LogP contribution in [0.5, 0.6) is 5.75 Å². The van der Waals surface area contributed by atoms with Crippen molar-refractivity contribution in [3.8, 4) is 5.75 Å². The van der Waals surface area contributed by atoms with Crippen LogP contribution in [0.25, 0.3) is 0 Å². The molecule has 0 aliphatic carbocycles. The number of benzene rings is 1. The summed E-state index contributed by atoms with van der Waals surface area (Å²) < 4.78 is 23.8. The number of halogens is 1. The molecule has 1 unspecified atom stereocenters. The van der Waals surface area contributed by atoms with E-state index in [0.29, 0.717) is 5.75 Å². The highest BCUT2D eigenvalue weighted by Gasteiger charge is 2.03. The van der Waals surface area contributed by atoms with E-state index in [1.165, 1.54) is 12.1 Å². The van der Waals surface area contributed by atoms with Crippen molar-refractivity contribution in [2.24, 2.45) is 0 Å². The Labute approximate surface area is 108 Å². The molecule has 0 heterocycles. The summed E-state index contributed by atoms with van der Waals surface area (Å²) in [5.74, 6) is 0.294. The van der Waals surface area contributed by atoms with E-state index in [-0.39, 0.29) is 11.9 Å². The van der Waals surface area contributed by atoms with Crippen LogP contribution in [0, 0.1) is 5.82 Å². The second-order valence-corrected chi connectivity index (χ2v) is 4.14. The number of rotatable bonds is 9. The highest BCUT2D eigenvalue weighted by molar-refractivity contribution is 5.22. The molecule has 4 heteroatoms. The maximum atomic E-state index is 12.9. The van der Waals surface area contributed by atoms with Crippen LogP contribution in [-0.4, -0.2) is 32.4 Å². The van der Waals surface area contributed by atoms with Gasteiger partial charge in [-0.25, -0.2) is 4.39 Å². The standard InChI is InChI=1S/C14H22FNO2/c1-3-17-9-5-8-16-11-12(2)18-14-7-4-6-13(15)10-14/h4,6-7,10,12,16H,3,5,8-9,11H2,1-2H3. The fourth-order valence-electron chi connectivity index (χ4n) is 1.56. The molecule has 18 heavy (non-hydrogen) atoms. The lowest BCUT2D eigenvalue weighted by Crippen LogP contribution is -2.30. The monoisotopic (exact) mass is 255 g/mol. The number of nitrogens with one attached hydrogen (secondary N) is 1. The van der Waals surface area contributed by atoms with Crippen LogP contribution in [0.2, 0.25) is 0 Å². The SMILES string of the molecule is CCOCCCNCC(C)Oc1cccc(F)c1. The minimum atomic E-state index is -0.274. The summed E-state index contributed by atoms with van der Waals surface area (Å²) in [6.45, 7) is 7.13. The van der Waals surface area contributed by atoms with Gasteiger partial charge in [0.25, 0.3) is 0 Å². The molecule has 0 radical (unpaired) electrons. The van der Waals surface area contributed by atoms with E-state index in [2.05, 4.69) is 5.32 Å². The zero-order valence-electron chi connectivity index (χ0n) is 11.1. The van der Waals surface area contributed by atoms with E-state index in [0.717, 1.165) is 32.7 Å². The molecule has 0 bridgehead atoms. The second-order valence-electron chi connectivity index (χ2n) is 4.14. The molecule has 1 N–H and O–H groups in total. The molecule has 0 spiro atoms. The van der Waals surface area contributed by atoms with Crippen LogP contribution >= 0.6 is 0 Å². The maximum Gasteiger partial charge on any atom is 0.126 e. The maximum absolute atomic E-state index is 12.9. The van der Waals surface area contributed by atoms with E-state index < -0.39 is 0 Å². The lowest BCUT2D eigenvalue weighted by molar-refractivity contribution is 0.143. The van der Waals surface area contributed by atoms with Crippen LogP contribution in [0.3, 0.4) is 0 Å². The minimum absolute atomic E-state index is 0.0129. The molecule has 102 valence electrons. The first-order valence-electron chi connectivity index (χ1n) is 6.43. The van der Waals surface area contributed by atoms with E-state index in [1.54, 1.807) is 12.1 Å². The molecule has 1 aromatic rings. The van der Waals surface area contributed by atoms with Gasteiger partial charge in [-0.2, -0.15) is 0 Å². The predicted molar refractivity (Wildman–Crippen MR) is 70.5 cm³/mol. The van der Waals surface area contributed by atoms with Gasteiger partial charge in [-0.05, 0) is 38.9 Å². The van der Waals surface area contributed by atoms with E-state index in [9.17, 15) is 4.39 Å². The van der Waals surface area contributed by atoms with Crippen LogP contribution in [0.4, 0.5) is 4.39 Å². The summed E-state index contributed by atoms with van der Waals surface area (Å²) in [7, 11) is 0. The van der Waals surface area contributed by atoms with Gasteiger partial charge in [0.05, 0.1) is 0 Å². The van der Waals surface area contributed by atoms with Crippen molar-refractivity contribution < 1.29 is 13.9 Å². The number of ether oxygens (including phenoxy) is 2. The Morgan fingerprint density at radius 3 is 2.94 bits per heavy atom. The first kappa shape index (κ1) is 14.9.